The molecule has 7 nitrogen and oxygen atoms in total. The van der Waals surface area contributed by atoms with Gasteiger partial charge in [-0.1, -0.05) is 32.0 Å². The molecule has 7 heteroatoms. The number of benzene rings is 3. The van der Waals surface area contributed by atoms with Crippen molar-refractivity contribution in [1.29, 1.82) is 0 Å². The van der Waals surface area contributed by atoms with Crippen LogP contribution in [0.1, 0.15) is 24.2 Å². The first-order chi connectivity index (χ1) is 16.4. The van der Waals surface area contributed by atoms with Crippen LogP contribution in [0.2, 0.25) is 0 Å². The number of aromatic nitrogens is 2. The van der Waals surface area contributed by atoms with Crippen LogP contribution >= 0.6 is 0 Å². The highest BCUT2D eigenvalue weighted by molar-refractivity contribution is 6.08. The molecular formula is C27H26N4O3. The van der Waals surface area contributed by atoms with Crippen molar-refractivity contribution in [1.82, 2.24) is 9.78 Å². The predicted octanol–water partition coefficient (Wildman–Crippen LogP) is 5.39. The highest BCUT2D eigenvalue weighted by atomic mass is 16.5. The summed E-state index contributed by atoms with van der Waals surface area (Å²) in [5.74, 6) is 0.264. The van der Waals surface area contributed by atoms with Gasteiger partial charge in [-0.3, -0.25) is 9.59 Å². The van der Waals surface area contributed by atoms with E-state index in [0.717, 1.165) is 17.0 Å². The smallest absolute Gasteiger partial charge is 0.259 e. The molecule has 0 aliphatic carbocycles. The molecule has 0 aliphatic heterocycles. The van der Waals surface area contributed by atoms with Crippen LogP contribution in [0, 0.1) is 5.92 Å². The minimum absolute atomic E-state index is 0.0609. The quantitative estimate of drug-likeness (QED) is 0.392. The molecule has 172 valence electrons. The molecule has 4 rings (SSSR count). The molecule has 0 radical (unpaired) electrons. The van der Waals surface area contributed by atoms with E-state index in [2.05, 4.69) is 10.6 Å². The summed E-state index contributed by atoms with van der Waals surface area (Å²) < 4.78 is 6.95. The molecule has 34 heavy (non-hydrogen) atoms. The fourth-order valence-electron chi connectivity index (χ4n) is 3.34. The van der Waals surface area contributed by atoms with E-state index < -0.39 is 0 Å². The third kappa shape index (κ3) is 5.15. The van der Waals surface area contributed by atoms with Crippen LogP contribution in [0.4, 0.5) is 11.4 Å². The first-order valence-corrected chi connectivity index (χ1v) is 11.0. The molecule has 0 atom stereocenters. The third-order valence-corrected chi connectivity index (χ3v) is 5.28. The van der Waals surface area contributed by atoms with Crippen molar-refractivity contribution in [2.75, 3.05) is 17.7 Å². The first-order valence-electron chi connectivity index (χ1n) is 11.0. The molecule has 0 spiro atoms. The van der Waals surface area contributed by atoms with Crippen molar-refractivity contribution in [3.05, 3.63) is 90.6 Å². The molecule has 0 saturated carbocycles. The van der Waals surface area contributed by atoms with Crippen molar-refractivity contribution in [2.24, 2.45) is 5.92 Å². The van der Waals surface area contributed by atoms with E-state index in [1.54, 1.807) is 42.3 Å². The molecule has 1 heterocycles. The van der Waals surface area contributed by atoms with E-state index in [1.807, 2.05) is 68.4 Å². The Labute approximate surface area is 198 Å². The largest absolute Gasteiger partial charge is 0.497 e. The lowest BCUT2D eigenvalue weighted by Crippen LogP contribution is -2.17. The Hall–Kier alpha value is -4.39. The second kappa shape index (κ2) is 10.0. The summed E-state index contributed by atoms with van der Waals surface area (Å²) in [7, 11) is 1.61. The summed E-state index contributed by atoms with van der Waals surface area (Å²) in [6.07, 6.45) is 1.72. The number of anilines is 2. The Balaban J connectivity index is 1.62. The SMILES string of the molecule is COc1ccc(-c2nn(-c3ccccc3)cc2C(=O)Nc2ccc(NC(=O)C(C)C)cc2)cc1. The average molecular weight is 455 g/mol. The first kappa shape index (κ1) is 22.8. The predicted molar refractivity (Wildman–Crippen MR) is 133 cm³/mol. The van der Waals surface area contributed by atoms with Gasteiger partial charge in [-0.2, -0.15) is 5.10 Å². The van der Waals surface area contributed by atoms with E-state index in [0.29, 0.717) is 22.6 Å². The Bertz CT molecular complexity index is 1280. The van der Waals surface area contributed by atoms with Gasteiger partial charge in [0.1, 0.15) is 11.4 Å². The summed E-state index contributed by atoms with van der Waals surface area (Å²) >= 11 is 0. The van der Waals surface area contributed by atoms with Crippen LogP contribution < -0.4 is 15.4 Å². The lowest BCUT2D eigenvalue weighted by molar-refractivity contribution is -0.118. The van der Waals surface area contributed by atoms with Gasteiger partial charge < -0.3 is 15.4 Å². The van der Waals surface area contributed by atoms with E-state index >= 15 is 0 Å². The molecule has 2 N–H and O–H groups in total. The Morgan fingerprint density at radius 1 is 0.853 bits per heavy atom. The number of hydrogen-bond donors (Lipinski definition) is 2. The summed E-state index contributed by atoms with van der Waals surface area (Å²) in [6, 6.07) is 24.1. The summed E-state index contributed by atoms with van der Waals surface area (Å²) in [5, 5.41) is 10.5. The van der Waals surface area contributed by atoms with Gasteiger partial charge in [0.15, 0.2) is 0 Å². The van der Waals surface area contributed by atoms with Gasteiger partial charge in [0, 0.05) is 29.1 Å². The molecule has 1 aromatic heterocycles. The van der Waals surface area contributed by atoms with Crippen molar-refractivity contribution in [2.45, 2.75) is 13.8 Å². The fraction of sp³-hybridized carbons (Fsp3) is 0.148. The molecule has 0 fully saturated rings. The number of para-hydroxylation sites is 1. The van der Waals surface area contributed by atoms with E-state index in [-0.39, 0.29) is 17.7 Å². The average Bonchev–Trinajstić information content (AvgIpc) is 3.31. The Morgan fingerprint density at radius 3 is 2.06 bits per heavy atom. The molecule has 2 amide bonds. The van der Waals surface area contributed by atoms with Crippen molar-refractivity contribution in [3.63, 3.8) is 0 Å². The minimum atomic E-state index is -0.285. The molecule has 3 aromatic carbocycles. The standard InChI is InChI=1S/C27H26N4O3/c1-18(2)26(32)28-20-11-13-21(14-12-20)29-27(33)24-17-31(22-7-5-4-6-8-22)30-25(24)19-9-15-23(34-3)16-10-19/h4-18H,1-3H3,(H,28,32)(H,29,33). The molecule has 4 aromatic rings. The fourth-order valence-corrected chi connectivity index (χ4v) is 3.34. The monoisotopic (exact) mass is 454 g/mol. The zero-order valence-corrected chi connectivity index (χ0v) is 19.3. The van der Waals surface area contributed by atoms with Gasteiger partial charge in [0.05, 0.1) is 18.4 Å². The third-order valence-electron chi connectivity index (χ3n) is 5.28. The van der Waals surface area contributed by atoms with Crippen molar-refractivity contribution >= 4 is 23.2 Å². The topological polar surface area (TPSA) is 85.2 Å². The van der Waals surface area contributed by atoms with Gasteiger partial charge in [-0.05, 0) is 60.7 Å². The lowest BCUT2D eigenvalue weighted by Gasteiger charge is -2.09. The zero-order valence-electron chi connectivity index (χ0n) is 19.3. The normalized spacial score (nSPS) is 10.7. The zero-order chi connectivity index (χ0) is 24.1. The van der Waals surface area contributed by atoms with Crippen molar-refractivity contribution < 1.29 is 14.3 Å². The lowest BCUT2D eigenvalue weighted by atomic mass is 10.1. The summed E-state index contributed by atoms with van der Waals surface area (Å²) in [6.45, 7) is 3.67. The Kier molecular flexibility index (Phi) is 6.73. The minimum Gasteiger partial charge on any atom is -0.497 e. The summed E-state index contributed by atoms with van der Waals surface area (Å²) in [5.41, 5.74) is 3.93. The maximum absolute atomic E-state index is 13.3. The van der Waals surface area contributed by atoms with Gasteiger partial charge >= 0.3 is 0 Å². The maximum atomic E-state index is 13.3. The van der Waals surface area contributed by atoms with Crippen molar-refractivity contribution in [3.8, 4) is 22.7 Å². The summed E-state index contributed by atoms with van der Waals surface area (Å²) in [4.78, 5) is 25.2. The van der Waals surface area contributed by atoms with Crippen LogP contribution in [0.25, 0.3) is 16.9 Å². The number of methoxy groups -OCH3 is 1. The molecular weight excluding hydrogens is 428 g/mol. The molecule has 0 aliphatic rings. The number of nitrogens with zero attached hydrogens (tertiary/aromatic N) is 2. The van der Waals surface area contributed by atoms with Gasteiger partial charge in [-0.15, -0.1) is 0 Å². The van der Waals surface area contributed by atoms with E-state index in [9.17, 15) is 9.59 Å². The number of ether oxygens (including phenoxy) is 1. The molecule has 0 saturated heterocycles. The van der Waals surface area contributed by atoms with Gasteiger partial charge in [-0.25, -0.2) is 4.68 Å². The van der Waals surface area contributed by atoms with Crippen LogP contribution in [0.5, 0.6) is 5.75 Å². The van der Waals surface area contributed by atoms with E-state index in [4.69, 9.17) is 9.84 Å². The highest BCUT2D eigenvalue weighted by Gasteiger charge is 2.19. The van der Waals surface area contributed by atoms with E-state index in [1.165, 1.54) is 0 Å². The van der Waals surface area contributed by atoms with Crippen LogP contribution in [0.15, 0.2) is 85.1 Å². The van der Waals surface area contributed by atoms with Crippen LogP contribution in [0.3, 0.4) is 0 Å². The molecule has 0 unspecified atom stereocenters. The number of carbonyl (C=O) groups excluding carboxylic acids is 2. The van der Waals surface area contributed by atoms with Crippen LogP contribution in [-0.4, -0.2) is 28.7 Å². The number of amides is 2. The highest BCUT2D eigenvalue weighted by Crippen LogP contribution is 2.27. The number of nitrogens with one attached hydrogen (secondary N) is 2. The second-order valence-corrected chi connectivity index (χ2v) is 8.08. The maximum Gasteiger partial charge on any atom is 0.259 e. The number of carbonyl (C=O) groups is 2. The van der Waals surface area contributed by atoms with Gasteiger partial charge in [0.25, 0.3) is 5.91 Å². The second-order valence-electron chi connectivity index (χ2n) is 8.08. The van der Waals surface area contributed by atoms with Gasteiger partial charge in [0.2, 0.25) is 5.91 Å². The molecule has 0 bridgehead atoms. The number of rotatable bonds is 7. The Morgan fingerprint density at radius 2 is 1.47 bits per heavy atom. The number of hydrogen-bond acceptors (Lipinski definition) is 4. The van der Waals surface area contributed by atoms with Crippen LogP contribution in [-0.2, 0) is 4.79 Å².